The van der Waals surface area contributed by atoms with E-state index in [9.17, 15) is 14.7 Å². The van der Waals surface area contributed by atoms with E-state index in [4.69, 9.17) is 28.5 Å². The molecule has 0 bridgehead atoms. The molecule has 1 aromatic rings. The minimum absolute atomic E-state index is 0.00840. The zero-order valence-electron chi connectivity index (χ0n) is 24.9. The highest BCUT2D eigenvalue weighted by molar-refractivity contribution is 6.00. The standard InChI is InChI=1S/C31H44N2O9/c1-4-37-21-39-27-18-24-17-25(32-41-20-29(35)33-15-7-6-8-16-33)12-10-14-26(34)13-9-11-23(3)42-31(36)30(24)28(19-27)40-22-38-5-2/h9-10,12-13,18-19,23,26,34H,4-8,11,14-17,20-22H2,1-3H3/b12-10+,13-9+,32-25+/t23-,26-/m1/s1. The van der Waals surface area contributed by atoms with Gasteiger partial charge < -0.3 is 38.5 Å². The monoisotopic (exact) mass is 588 g/mol. The molecular formula is C31H44N2O9. The average Bonchev–Trinajstić information content (AvgIpc) is 2.97. The highest BCUT2D eigenvalue weighted by Crippen LogP contribution is 2.32. The van der Waals surface area contributed by atoms with E-state index in [0.717, 1.165) is 19.3 Å². The summed E-state index contributed by atoms with van der Waals surface area (Å²) in [7, 11) is 0. The van der Waals surface area contributed by atoms with Crippen LogP contribution in [0.2, 0.25) is 0 Å². The van der Waals surface area contributed by atoms with Crippen LogP contribution in [0.3, 0.4) is 0 Å². The number of rotatable bonds is 11. The van der Waals surface area contributed by atoms with E-state index in [1.165, 1.54) is 0 Å². The molecule has 2 atom stereocenters. The molecule has 1 fully saturated rings. The smallest absolute Gasteiger partial charge is 0.342 e. The Hall–Kier alpha value is -3.41. The molecule has 3 rings (SSSR count). The van der Waals surface area contributed by atoms with E-state index in [1.54, 1.807) is 48.3 Å². The largest absolute Gasteiger partial charge is 0.467 e. The number of nitrogens with zero attached hydrogens (tertiary/aromatic N) is 2. The first-order chi connectivity index (χ1) is 20.4. The van der Waals surface area contributed by atoms with Gasteiger partial charge >= 0.3 is 5.97 Å². The maximum absolute atomic E-state index is 13.5. The van der Waals surface area contributed by atoms with Gasteiger partial charge in [-0.1, -0.05) is 23.4 Å². The summed E-state index contributed by atoms with van der Waals surface area (Å²) < 4.78 is 28.1. The minimum atomic E-state index is -0.723. The molecule has 11 nitrogen and oxygen atoms in total. The van der Waals surface area contributed by atoms with Crippen molar-refractivity contribution in [3.8, 4) is 11.5 Å². The van der Waals surface area contributed by atoms with Crippen molar-refractivity contribution in [2.75, 3.05) is 46.5 Å². The summed E-state index contributed by atoms with van der Waals surface area (Å²) in [6.07, 6.45) is 9.71. The number of cyclic esters (lactones) is 1. The number of hydrogen-bond donors (Lipinski definition) is 1. The Labute approximate surface area is 248 Å². The molecule has 0 radical (unpaired) electrons. The van der Waals surface area contributed by atoms with Crippen LogP contribution in [0.5, 0.6) is 11.5 Å². The molecule has 11 heteroatoms. The lowest BCUT2D eigenvalue weighted by molar-refractivity contribution is -0.137. The van der Waals surface area contributed by atoms with Crippen molar-refractivity contribution in [1.82, 2.24) is 4.90 Å². The first-order valence-corrected chi connectivity index (χ1v) is 14.7. The molecule has 0 saturated carbocycles. The number of fused-ring (bicyclic) bond motifs is 1. The SMILES string of the molecule is CCOCOc1cc2c(c(OCOCC)c1)C(=O)O[C@H](C)C/C=C/[C@@H](O)C/C=C/C(=N\OCC(=O)N1CCCCC1)C2. The molecule has 1 amide bonds. The van der Waals surface area contributed by atoms with Crippen LogP contribution in [-0.2, 0) is 30.3 Å². The Kier molecular flexibility index (Phi) is 14.3. The maximum Gasteiger partial charge on any atom is 0.342 e. The molecule has 1 N–H and O–H groups in total. The minimum Gasteiger partial charge on any atom is -0.467 e. The Bertz CT molecular complexity index is 1100. The number of carbonyl (C=O) groups is 2. The molecule has 1 saturated heterocycles. The third-order valence-electron chi connectivity index (χ3n) is 6.65. The van der Waals surface area contributed by atoms with Crippen molar-refractivity contribution >= 4 is 17.6 Å². The van der Waals surface area contributed by atoms with Gasteiger partial charge in [0.2, 0.25) is 0 Å². The number of ether oxygens (including phenoxy) is 5. The lowest BCUT2D eigenvalue weighted by Crippen LogP contribution is -2.37. The van der Waals surface area contributed by atoms with Crippen LogP contribution in [0.4, 0.5) is 0 Å². The fourth-order valence-corrected chi connectivity index (χ4v) is 4.46. The highest BCUT2D eigenvalue weighted by Gasteiger charge is 2.24. The van der Waals surface area contributed by atoms with Gasteiger partial charge in [0.05, 0.1) is 11.8 Å². The number of piperidine rings is 1. The predicted octanol–water partition coefficient (Wildman–Crippen LogP) is 4.17. The second-order valence-corrected chi connectivity index (χ2v) is 10.0. The summed E-state index contributed by atoms with van der Waals surface area (Å²) >= 11 is 0. The predicted molar refractivity (Wildman–Crippen MR) is 157 cm³/mol. The number of aliphatic hydroxyl groups excluding tert-OH is 1. The number of allylic oxidation sites excluding steroid dienone is 1. The topological polar surface area (TPSA) is 125 Å². The van der Waals surface area contributed by atoms with Gasteiger partial charge in [-0.2, -0.15) is 0 Å². The van der Waals surface area contributed by atoms with Crippen LogP contribution >= 0.6 is 0 Å². The normalized spacial score (nSPS) is 22.4. The number of benzene rings is 1. The number of esters is 1. The number of oxime groups is 1. The first kappa shape index (κ1) is 33.1. The van der Waals surface area contributed by atoms with Crippen LogP contribution in [0.1, 0.15) is 68.8 Å². The number of aliphatic hydroxyl groups is 1. The van der Waals surface area contributed by atoms with Crippen LogP contribution in [0.15, 0.2) is 41.6 Å². The van der Waals surface area contributed by atoms with Crippen molar-refractivity contribution in [3.05, 3.63) is 47.6 Å². The molecule has 1 aromatic carbocycles. The molecule has 0 unspecified atom stereocenters. The van der Waals surface area contributed by atoms with E-state index >= 15 is 0 Å². The van der Waals surface area contributed by atoms with Crippen molar-refractivity contribution in [3.63, 3.8) is 0 Å². The first-order valence-electron chi connectivity index (χ1n) is 14.7. The van der Waals surface area contributed by atoms with Crippen molar-refractivity contribution in [2.24, 2.45) is 5.16 Å². The number of carbonyl (C=O) groups excluding carboxylic acids is 2. The summed E-state index contributed by atoms with van der Waals surface area (Å²) in [6, 6.07) is 3.30. The van der Waals surface area contributed by atoms with E-state index < -0.39 is 18.2 Å². The Balaban J connectivity index is 1.98. The van der Waals surface area contributed by atoms with E-state index in [0.29, 0.717) is 56.2 Å². The molecule has 0 aliphatic carbocycles. The number of hydrogen-bond acceptors (Lipinski definition) is 10. The van der Waals surface area contributed by atoms with Gasteiger partial charge in [-0.05, 0) is 64.2 Å². The lowest BCUT2D eigenvalue weighted by atomic mass is 9.99. The van der Waals surface area contributed by atoms with Gasteiger partial charge in [-0.15, -0.1) is 0 Å². The van der Waals surface area contributed by atoms with Crippen LogP contribution in [0, 0.1) is 0 Å². The molecule has 42 heavy (non-hydrogen) atoms. The van der Waals surface area contributed by atoms with Crippen molar-refractivity contribution in [2.45, 2.75) is 71.5 Å². The summed E-state index contributed by atoms with van der Waals surface area (Å²) in [5, 5.41) is 14.6. The van der Waals surface area contributed by atoms with Crippen LogP contribution < -0.4 is 9.47 Å². The molecule has 2 aliphatic rings. The molecule has 232 valence electrons. The average molecular weight is 589 g/mol. The van der Waals surface area contributed by atoms with Crippen LogP contribution in [0.25, 0.3) is 0 Å². The fraction of sp³-hybridized carbons (Fsp3) is 0.581. The number of likely N-dealkylation sites (tertiary alicyclic amines) is 1. The van der Waals surface area contributed by atoms with Gasteiger partial charge in [-0.25, -0.2) is 4.79 Å². The van der Waals surface area contributed by atoms with Crippen molar-refractivity contribution < 1.29 is 43.2 Å². The van der Waals surface area contributed by atoms with Gasteiger partial charge in [0.25, 0.3) is 5.91 Å². The lowest BCUT2D eigenvalue weighted by Gasteiger charge is -2.26. The molecular weight excluding hydrogens is 544 g/mol. The zero-order chi connectivity index (χ0) is 30.2. The van der Waals surface area contributed by atoms with Crippen LogP contribution in [-0.4, -0.2) is 86.3 Å². The number of amides is 1. The summed E-state index contributed by atoms with van der Waals surface area (Å²) in [5.74, 6) is -0.0673. The van der Waals surface area contributed by atoms with Gasteiger partial charge in [0, 0.05) is 45.2 Å². The fourth-order valence-electron chi connectivity index (χ4n) is 4.46. The second kappa shape index (κ2) is 18.2. The van der Waals surface area contributed by atoms with Gasteiger partial charge in [0.1, 0.15) is 23.2 Å². The summed E-state index contributed by atoms with van der Waals surface area (Å²) in [4.78, 5) is 33.5. The van der Waals surface area contributed by atoms with E-state index in [2.05, 4.69) is 5.16 Å². The Morgan fingerprint density at radius 2 is 1.79 bits per heavy atom. The van der Waals surface area contributed by atoms with Crippen molar-refractivity contribution in [1.29, 1.82) is 0 Å². The summed E-state index contributed by atoms with van der Waals surface area (Å²) in [6.45, 7) is 7.54. The second-order valence-electron chi connectivity index (χ2n) is 10.0. The Morgan fingerprint density at radius 3 is 2.52 bits per heavy atom. The zero-order valence-corrected chi connectivity index (χ0v) is 24.9. The molecule has 2 aliphatic heterocycles. The molecule has 0 spiro atoms. The maximum atomic E-state index is 13.5. The molecule has 0 aromatic heterocycles. The third-order valence-corrected chi connectivity index (χ3v) is 6.65. The highest BCUT2D eigenvalue weighted by atomic mass is 16.7. The van der Waals surface area contributed by atoms with Gasteiger partial charge in [-0.3, -0.25) is 4.79 Å². The summed E-state index contributed by atoms with van der Waals surface area (Å²) in [5.41, 5.74) is 1.14. The quantitative estimate of drug-likeness (QED) is 0.133. The third kappa shape index (κ3) is 11.1. The molecule has 2 heterocycles. The Morgan fingerprint density at radius 1 is 1.05 bits per heavy atom. The van der Waals surface area contributed by atoms with Gasteiger partial charge in [0.15, 0.2) is 20.2 Å². The van der Waals surface area contributed by atoms with E-state index in [-0.39, 0.29) is 43.8 Å². The van der Waals surface area contributed by atoms with E-state index in [1.807, 2.05) is 13.8 Å².